The molecule has 0 fully saturated rings. The van der Waals surface area contributed by atoms with Crippen LogP contribution in [0, 0.1) is 0 Å². The predicted molar refractivity (Wildman–Crippen MR) is 50.8 cm³/mol. The Morgan fingerprint density at radius 2 is 1.55 bits per heavy atom. The Kier molecular flexibility index (Phi) is 3.78. The first-order valence-corrected chi connectivity index (χ1v) is 4.91. The summed E-state index contributed by atoms with van der Waals surface area (Å²) in [5.74, 6) is 0. The number of halogens is 1. The average molecular weight is 209 g/mol. The van der Waals surface area contributed by atoms with Gasteiger partial charge in [0, 0.05) is 10.7 Å². The highest BCUT2D eigenvalue weighted by Gasteiger charge is 2.06. The minimum Gasteiger partial charge on any atom is -0.207 e. The van der Waals surface area contributed by atoms with Gasteiger partial charge >= 0.3 is 0 Å². The Morgan fingerprint density at radius 3 is 1.82 bits per heavy atom. The zero-order valence-corrected chi connectivity index (χ0v) is 6.56. The number of hydrogen-bond donors (Lipinski definition) is 0. The molecule has 0 unspecified atom stereocenters. The van der Waals surface area contributed by atoms with Crippen molar-refractivity contribution in [1.82, 2.24) is 0 Å². The molecule has 0 N–H and O–H groups in total. The third-order valence-corrected chi connectivity index (χ3v) is 2.39. The summed E-state index contributed by atoms with van der Waals surface area (Å²) >= 11 is 0. The molecule has 2 nitrogen and oxygen atoms in total. The Morgan fingerprint density at radius 1 is 1.09 bits per heavy atom. The largest absolute Gasteiger partial charge is 0.261 e. The lowest BCUT2D eigenvalue weighted by molar-refractivity contribution is 0.609. The second kappa shape index (κ2) is 3.89. The van der Waals surface area contributed by atoms with E-state index in [2.05, 4.69) is 0 Å². The van der Waals surface area contributed by atoms with Gasteiger partial charge in [-0.15, -0.1) is 0 Å². The fourth-order valence-corrected chi connectivity index (χ4v) is 1.37. The first kappa shape index (κ1) is 10.7. The molecular formula is C6H9ClO2SSi. The summed E-state index contributed by atoms with van der Waals surface area (Å²) in [7, 11) is 1.50. The first-order valence-electron chi connectivity index (χ1n) is 2.60. The maximum atomic E-state index is 10.6. The molecule has 0 bridgehead atoms. The minimum absolute atomic E-state index is 0. The van der Waals surface area contributed by atoms with Gasteiger partial charge in [0.25, 0.3) is 9.05 Å². The Bertz CT molecular complexity index is 309. The molecule has 5 heteroatoms. The summed E-state index contributed by atoms with van der Waals surface area (Å²) in [6.07, 6.45) is 0. The standard InChI is InChI=1S/C6H5ClO2S.H4Si/c7-10(8,9)6-4-2-1-3-5-6;/h1-5H;1H4. The maximum Gasteiger partial charge on any atom is 0.261 e. The number of benzene rings is 1. The molecule has 0 spiro atoms. The van der Waals surface area contributed by atoms with Crippen LogP contribution in [0.5, 0.6) is 0 Å². The van der Waals surface area contributed by atoms with Crippen LogP contribution < -0.4 is 0 Å². The number of rotatable bonds is 1. The van der Waals surface area contributed by atoms with Gasteiger partial charge in [-0.1, -0.05) is 18.2 Å². The van der Waals surface area contributed by atoms with Gasteiger partial charge < -0.3 is 0 Å². The minimum atomic E-state index is -3.53. The molecule has 62 valence electrons. The van der Waals surface area contributed by atoms with Crippen LogP contribution in [0.2, 0.25) is 0 Å². The van der Waals surface area contributed by atoms with Gasteiger partial charge in [0.05, 0.1) is 4.90 Å². The van der Waals surface area contributed by atoms with Gasteiger partial charge in [0.15, 0.2) is 0 Å². The van der Waals surface area contributed by atoms with Crippen LogP contribution in [0.25, 0.3) is 0 Å². The van der Waals surface area contributed by atoms with E-state index in [0.29, 0.717) is 0 Å². The summed E-state index contributed by atoms with van der Waals surface area (Å²) in [4.78, 5) is 0.136. The van der Waals surface area contributed by atoms with Crippen molar-refractivity contribution < 1.29 is 8.42 Å². The average Bonchev–Trinajstić information content (AvgIpc) is 1.88. The quantitative estimate of drug-likeness (QED) is 0.487. The van der Waals surface area contributed by atoms with E-state index in [9.17, 15) is 8.42 Å². The SMILES string of the molecule is O=S(=O)(Cl)c1ccccc1.[SiH4]. The van der Waals surface area contributed by atoms with Gasteiger partial charge in [-0.2, -0.15) is 0 Å². The van der Waals surface area contributed by atoms with Crippen molar-refractivity contribution in [3.05, 3.63) is 30.3 Å². The van der Waals surface area contributed by atoms with Crippen LogP contribution in [0.4, 0.5) is 0 Å². The molecule has 11 heavy (non-hydrogen) atoms. The van der Waals surface area contributed by atoms with Crippen LogP contribution in [0.15, 0.2) is 35.2 Å². The summed E-state index contributed by atoms with van der Waals surface area (Å²) < 4.78 is 21.2. The molecule has 1 aromatic rings. The highest BCUT2D eigenvalue weighted by Crippen LogP contribution is 2.12. The Hall–Kier alpha value is -0.323. The summed E-state index contributed by atoms with van der Waals surface area (Å²) in [6, 6.07) is 7.86. The van der Waals surface area contributed by atoms with Crippen LogP contribution >= 0.6 is 10.7 Å². The molecule has 0 saturated carbocycles. The van der Waals surface area contributed by atoms with Crippen molar-refractivity contribution in [1.29, 1.82) is 0 Å². The summed E-state index contributed by atoms with van der Waals surface area (Å²) in [6.45, 7) is 0. The summed E-state index contributed by atoms with van der Waals surface area (Å²) in [5, 5.41) is 0. The second-order valence-electron chi connectivity index (χ2n) is 1.75. The van der Waals surface area contributed by atoms with Gasteiger partial charge in [0.2, 0.25) is 0 Å². The second-order valence-corrected chi connectivity index (χ2v) is 4.32. The van der Waals surface area contributed by atoms with Crippen LogP contribution in [-0.4, -0.2) is 19.4 Å². The normalized spacial score (nSPS) is 10.3. The van der Waals surface area contributed by atoms with Gasteiger partial charge in [-0.3, -0.25) is 0 Å². The van der Waals surface area contributed by atoms with Gasteiger partial charge in [-0.05, 0) is 23.1 Å². The Balaban J connectivity index is 0.000001000. The van der Waals surface area contributed by atoms with Crippen LogP contribution in [0.3, 0.4) is 0 Å². The molecular weight excluding hydrogens is 200 g/mol. The lowest BCUT2D eigenvalue weighted by atomic mass is 10.4. The zero-order valence-electron chi connectivity index (χ0n) is 4.99. The molecule has 1 rings (SSSR count). The van der Waals surface area contributed by atoms with Crippen molar-refractivity contribution >= 4 is 30.7 Å². The van der Waals surface area contributed by atoms with Crippen molar-refractivity contribution in [2.24, 2.45) is 0 Å². The molecule has 0 aliphatic rings. The zero-order chi connectivity index (χ0) is 7.61. The van der Waals surface area contributed by atoms with Crippen LogP contribution in [0.1, 0.15) is 0 Å². The van der Waals surface area contributed by atoms with Crippen molar-refractivity contribution in [2.75, 3.05) is 0 Å². The molecule has 0 heterocycles. The van der Waals surface area contributed by atoms with E-state index < -0.39 is 9.05 Å². The van der Waals surface area contributed by atoms with Crippen molar-refractivity contribution in [3.63, 3.8) is 0 Å². The van der Waals surface area contributed by atoms with E-state index >= 15 is 0 Å². The third-order valence-electron chi connectivity index (χ3n) is 1.02. The molecule has 0 saturated heterocycles. The maximum absolute atomic E-state index is 10.6. The molecule has 0 aliphatic carbocycles. The lowest BCUT2D eigenvalue weighted by Gasteiger charge is -1.91. The van der Waals surface area contributed by atoms with Crippen LogP contribution in [-0.2, 0) is 9.05 Å². The Labute approximate surface area is 74.6 Å². The molecule has 0 aliphatic heterocycles. The fourth-order valence-electron chi connectivity index (χ4n) is 0.583. The fraction of sp³-hybridized carbons (Fsp3) is 0. The van der Waals surface area contributed by atoms with E-state index in [1.165, 1.54) is 12.1 Å². The van der Waals surface area contributed by atoms with E-state index in [4.69, 9.17) is 10.7 Å². The van der Waals surface area contributed by atoms with Gasteiger partial charge in [0.1, 0.15) is 0 Å². The van der Waals surface area contributed by atoms with E-state index in [1.54, 1.807) is 18.2 Å². The smallest absolute Gasteiger partial charge is 0.207 e. The highest BCUT2D eigenvalue weighted by atomic mass is 35.7. The highest BCUT2D eigenvalue weighted by molar-refractivity contribution is 8.13. The first-order chi connectivity index (χ1) is 4.61. The van der Waals surface area contributed by atoms with E-state index in [1.807, 2.05) is 0 Å². The monoisotopic (exact) mass is 208 g/mol. The molecule has 1 aromatic carbocycles. The molecule has 0 atom stereocenters. The van der Waals surface area contributed by atoms with Crippen molar-refractivity contribution in [3.8, 4) is 0 Å². The number of hydrogen-bond acceptors (Lipinski definition) is 2. The van der Waals surface area contributed by atoms with Crippen molar-refractivity contribution in [2.45, 2.75) is 4.90 Å². The summed E-state index contributed by atoms with van der Waals surface area (Å²) in [5.41, 5.74) is 0. The van der Waals surface area contributed by atoms with E-state index in [-0.39, 0.29) is 15.9 Å². The molecule has 0 aromatic heterocycles. The third kappa shape index (κ3) is 3.05. The predicted octanol–water partition coefficient (Wildman–Crippen LogP) is 0.162. The van der Waals surface area contributed by atoms with E-state index in [0.717, 1.165) is 0 Å². The molecule has 0 radical (unpaired) electrons. The molecule has 0 amide bonds. The topological polar surface area (TPSA) is 34.1 Å². The van der Waals surface area contributed by atoms with Gasteiger partial charge in [-0.25, -0.2) is 8.42 Å². The lowest BCUT2D eigenvalue weighted by Crippen LogP contribution is -1.87.